The standard InChI is InChI=1S/C23H21N7O/c24-22-23-28-20(15-1-3-17(4-2-15)29-7-9-31-10-8-29)13-30(23)14-21(27-22)16-11-19-18(26-12-16)5-6-25-19/h1-6,11-14,25H,7-10H2,(H2,24,27). The number of imidazole rings is 1. The highest BCUT2D eigenvalue weighted by Gasteiger charge is 2.14. The topological polar surface area (TPSA) is 97.4 Å². The minimum Gasteiger partial charge on any atom is -0.381 e. The van der Waals surface area contributed by atoms with Gasteiger partial charge in [-0.15, -0.1) is 0 Å². The zero-order valence-electron chi connectivity index (χ0n) is 16.8. The molecule has 3 N–H and O–H groups in total. The number of nitrogens with zero attached hydrogens (tertiary/aromatic N) is 5. The van der Waals surface area contributed by atoms with Crippen molar-refractivity contribution < 1.29 is 4.74 Å². The summed E-state index contributed by atoms with van der Waals surface area (Å²) < 4.78 is 7.37. The van der Waals surface area contributed by atoms with Gasteiger partial charge >= 0.3 is 0 Å². The summed E-state index contributed by atoms with van der Waals surface area (Å²) >= 11 is 0. The van der Waals surface area contributed by atoms with E-state index in [9.17, 15) is 0 Å². The van der Waals surface area contributed by atoms with Gasteiger partial charge in [-0.1, -0.05) is 12.1 Å². The SMILES string of the molecule is Nc1nc(-c2cnc3cc[nH]c3c2)cn2cc(-c3ccc(N4CCOCC4)cc3)nc12. The first-order valence-corrected chi connectivity index (χ1v) is 10.3. The smallest absolute Gasteiger partial charge is 0.180 e. The Morgan fingerprint density at radius 2 is 1.71 bits per heavy atom. The summed E-state index contributed by atoms with van der Waals surface area (Å²) in [6.07, 6.45) is 7.61. The lowest BCUT2D eigenvalue weighted by Gasteiger charge is -2.28. The first-order valence-electron chi connectivity index (χ1n) is 10.3. The van der Waals surface area contributed by atoms with Gasteiger partial charge < -0.3 is 24.8 Å². The molecular formula is C23H21N7O. The van der Waals surface area contributed by atoms with Crippen LogP contribution in [0.2, 0.25) is 0 Å². The van der Waals surface area contributed by atoms with E-state index in [1.54, 1.807) is 0 Å². The quantitative estimate of drug-likeness (QED) is 0.473. The molecule has 1 aliphatic rings. The van der Waals surface area contributed by atoms with Crippen LogP contribution < -0.4 is 10.6 Å². The van der Waals surface area contributed by atoms with Crippen molar-refractivity contribution in [2.24, 2.45) is 0 Å². The number of pyridine rings is 1. The summed E-state index contributed by atoms with van der Waals surface area (Å²) in [4.78, 5) is 19.3. The van der Waals surface area contributed by atoms with E-state index in [4.69, 9.17) is 15.5 Å². The number of nitrogens with two attached hydrogens (primary N) is 1. The molecule has 1 fully saturated rings. The lowest BCUT2D eigenvalue weighted by atomic mass is 10.1. The number of aromatic nitrogens is 5. The largest absolute Gasteiger partial charge is 0.381 e. The average molecular weight is 411 g/mol. The fraction of sp³-hybridized carbons (Fsp3) is 0.174. The van der Waals surface area contributed by atoms with Gasteiger partial charge in [-0.25, -0.2) is 9.97 Å². The molecule has 1 aliphatic heterocycles. The average Bonchev–Trinajstić information content (AvgIpc) is 3.46. The van der Waals surface area contributed by atoms with E-state index >= 15 is 0 Å². The minimum atomic E-state index is 0.389. The van der Waals surface area contributed by atoms with Crippen molar-refractivity contribution in [1.82, 2.24) is 24.3 Å². The van der Waals surface area contributed by atoms with Crippen LogP contribution in [-0.2, 0) is 4.74 Å². The zero-order chi connectivity index (χ0) is 20.8. The van der Waals surface area contributed by atoms with Crippen LogP contribution >= 0.6 is 0 Å². The molecule has 31 heavy (non-hydrogen) atoms. The van der Waals surface area contributed by atoms with Crippen LogP contribution in [0.1, 0.15) is 0 Å². The second-order valence-electron chi connectivity index (χ2n) is 7.65. The summed E-state index contributed by atoms with van der Waals surface area (Å²) in [5.74, 6) is 0.389. The number of fused-ring (bicyclic) bond motifs is 2. The van der Waals surface area contributed by atoms with Crippen molar-refractivity contribution >= 4 is 28.2 Å². The molecule has 4 aromatic heterocycles. The molecule has 0 saturated carbocycles. The van der Waals surface area contributed by atoms with Crippen LogP contribution in [-0.4, -0.2) is 50.6 Å². The summed E-state index contributed by atoms with van der Waals surface area (Å²) in [5.41, 5.74) is 13.5. The van der Waals surface area contributed by atoms with Gasteiger partial charge in [0.1, 0.15) is 0 Å². The molecule has 0 atom stereocenters. The zero-order valence-corrected chi connectivity index (χ0v) is 16.8. The molecule has 0 spiro atoms. The molecule has 0 bridgehead atoms. The molecule has 1 aromatic carbocycles. The highest BCUT2D eigenvalue weighted by atomic mass is 16.5. The number of H-pyrrole nitrogens is 1. The number of ether oxygens (including phenoxy) is 1. The molecule has 8 heteroatoms. The monoisotopic (exact) mass is 411 g/mol. The van der Waals surface area contributed by atoms with Gasteiger partial charge in [0.25, 0.3) is 0 Å². The maximum absolute atomic E-state index is 6.26. The van der Waals surface area contributed by atoms with Gasteiger partial charge in [-0.05, 0) is 24.3 Å². The van der Waals surface area contributed by atoms with Crippen molar-refractivity contribution in [3.8, 4) is 22.5 Å². The molecule has 5 aromatic rings. The Bertz CT molecular complexity index is 1380. The van der Waals surface area contributed by atoms with E-state index in [-0.39, 0.29) is 0 Å². The van der Waals surface area contributed by atoms with E-state index in [0.717, 1.165) is 59.9 Å². The summed E-state index contributed by atoms with van der Waals surface area (Å²) in [7, 11) is 0. The van der Waals surface area contributed by atoms with Crippen molar-refractivity contribution in [1.29, 1.82) is 0 Å². The van der Waals surface area contributed by atoms with Gasteiger partial charge in [0.2, 0.25) is 0 Å². The Labute approximate surface area is 178 Å². The minimum absolute atomic E-state index is 0.389. The maximum Gasteiger partial charge on any atom is 0.180 e. The van der Waals surface area contributed by atoms with E-state index in [1.165, 1.54) is 5.69 Å². The second kappa shape index (κ2) is 7.10. The number of nitrogen functional groups attached to an aromatic ring is 1. The number of aromatic amines is 1. The molecule has 0 radical (unpaired) electrons. The van der Waals surface area contributed by atoms with Crippen molar-refractivity contribution in [2.45, 2.75) is 0 Å². The summed E-state index contributed by atoms with van der Waals surface area (Å²) in [5, 5.41) is 0. The predicted octanol–water partition coefficient (Wildman–Crippen LogP) is 3.36. The normalized spacial score (nSPS) is 14.5. The van der Waals surface area contributed by atoms with Crippen LogP contribution in [0, 0.1) is 0 Å². The third-order valence-electron chi connectivity index (χ3n) is 5.70. The van der Waals surface area contributed by atoms with Crippen molar-refractivity contribution in [3.63, 3.8) is 0 Å². The molecule has 6 rings (SSSR count). The van der Waals surface area contributed by atoms with E-state index in [2.05, 4.69) is 44.1 Å². The van der Waals surface area contributed by atoms with Crippen molar-refractivity contribution in [3.05, 3.63) is 61.2 Å². The third kappa shape index (κ3) is 3.17. The van der Waals surface area contributed by atoms with Gasteiger partial charge in [-0.3, -0.25) is 4.98 Å². The highest BCUT2D eigenvalue weighted by Crippen LogP contribution is 2.27. The number of anilines is 2. The Balaban J connectivity index is 1.35. The number of hydrogen-bond acceptors (Lipinski definition) is 6. The van der Waals surface area contributed by atoms with Crippen molar-refractivity contribution in [2.75, 3.05) is 36.9 Å². The van der Waals surface area contributed by atoms with E-state index < -0.39 is 0 Å². The fourth-order valence-electron chi connectivity index (χ4n) is 4.04. The lowest BCUT2D eigenvalue weighted by Crippen LogP contribution is -2.36. The van der Waals surface area contributed by atoms with Crippen LogP contribution in [0.5, 0.6) is 0 Å². The molecule has 154 valence electrons. The lowest BCUT2D eigenvalue weighted by molar-refractivity contribution is 0.122. The summed E-state index contributed by atoms with van der Waals surface area (Å²) in [6.45, 7) is 3.38. The van der Waals surface area contributed by atoms with E-state index in [0.29, 0.717) is 11.5 Å². The molecule has 8 nitrogen and oxygen atoms in total. The Hall–Kier alpha value is -3.91. The van der Waals surface area contributed by atoms with Gasteiger partial charge in [0.15, 0.2) is 11.5 Å². The second-order valence-corrected chi connectivity index (χ2v) is 7.65. The third-order valence-corrected chi connectivity index (χ3v) is 5.70. The van der Waals surface area contributed by atoms with Crippen LogP contribution in [0.4, 0.5) is 11.5 Å². The van der Waals surface area contributed by atoms with E-state index in [1.807, 2.05) is 41.3 Å². The van der Waals surface area contributed by atoms with Crippen LogP contribution in [0.25, 0.3) is 39.2 Å². The molecule has 0 unspecified atom stereocenters. The number of nitrogens with one attached hydrogen (secondary N) is 1. The summed E-state index contributed by atoms with van der Waals surface area (Å²) in [6, 6.07) is 12.4. The first kappa shape index (κ1) is 17.9. The fourth-order valence-corrected chi connectivity index (χ4v) is 4.04. The highest BCUT2D eigenvalue weighted by molar-refractivity contribution is 5.80. The number of morpholine rings is 1. The molecule has 0 amide bonds. The molecular weight excluding hydrogens is 390 g/mol. The number of rotatable bonds is 3. The first-order chi connectivity index (χ1) is 15.2. The Morgan fingerprint density at radius 1 is 0.935 bits per heavy atom. The molecule has 0 aliphatic carbocycles. The number of benzene rings is 1. The Morgan fingerprint density at radius 3 is 2.52 bits per heavy atom. The van der Waals surface area contributed by atoms with Gasteiger partial charge in [0, 0.05) is 54.7 Å². The molecule has 1 saturated heterocycles. The maximum atomic E-state index is 6.26. The van der Waals surface area contributed by atoms with Gasteiger partial charge in [0.05, 0.1) is 35.6 Å². The van der Waals surface area contributed by atoms with Gasteiger partial charge in [-0.2, -0.15) is 0 Å². The number of hydrogen-bond donors (Lipinski definition) is 2. The Kier molecular flexibility index (Phi) is 4.10. The molecule has 5 heterocycles. The van der Waals surface area contributed by atoms with Crippen LogP contribution in [0.15, 0.2) is 61.2 Å². The predicted molar refractivity (Wildman–Crippen MR) is 121 cm³/mol. The van der Waals surface area contributed by atoms with Crippen LogP contribution in [0.3, 0.4) is 0 Å².